The van der Waals surface area contributed by atoms with Crippen molar-refractivity contribution in [3.05, 3.63) is 24.7 Å². The number of hydrogen-bond acceptors (Lipinski definition) is 4. The van der Waals surface area contributed by atoms with Crippen molar-refractivity contribution in [1.82, 2.24) is 14.6 Å². The number of sulfone groups is 1. The topological polar surface area (TPSA) is 64.3 Å². The lowest BCUT2D eigenvalue weighted by atomic mass is 10.5. The van der Waals surface area contributed by atoms with Gasteiger partial charge in [-0.3, -0.25) is 0 Å². The van der Waals surface area contributed by atoms with Gasteiger partial charge >= 0.3 is 0 Å². The number of hydrogen-bond donors (Lipinski definition) is 0. The SMILES string of the molecule is O=S(=O)(CCCCl)c1nccn2nccc12. The van der Waals surface area contributed by atoms with Gasteiger partial charge in [0, 0.05) is 18.3 Å². The van der Waals surface area contributed by atoms with Crippen LogP contribution in [0.15, 0.2) is 29.7 Å². The molecular weight excluding hydrogens is 250 g/mol. The lowest BCUT2D eigenvalue weighted by Crippen LogP contribution is -2.11. The van der Waals surface area contributed by atoms with Gasteiger partial charge in [0.25, 0.3) is 0 Å². The molecule has 0 aliphatic heterocycles. The van der Waals surface area contributed by atoms with E-state index in [0.29, 0.717) is 17.8 Å². The Kier molecular flexibility index (Phi) is 3.11. The fourth-order valence-electron chi connectivity index (χ4n) is 1.41. The first-order valence-corrected chi connectivity index (χ1v) is 6.91. The minimum Gasteiger partial charge on any atom is -0.241 e. The highest BCUT2D eigenvalue weighted by Gasteiger charge is 2.19. The average Bonchev–Trinajstić information content (AvgIpc) is 2.73. The fourth-order valence-corrected chi connectivity index (χ4v) is 3.13. The van der Waals surface area contributed by atoms with E-state index in [1.54, 1.807) is 12.3 Å². The molecule has 7 heteroatoms. The molecule has 0 spiro atoms. The summed E-state index contributed by atoms with van der Waals surface area (Å²) in [6.45, 7) is 0. The molecular formula is C9H10ClN3O2S. The van der Waals surface area contributed by atoms with Gasteiger partial charge in [-0.05, 0) is 12.5 Å². The van der Waals surface area contributed by atoms with Crippen molar-refractivity contribution in [2.75, 3.05) is 11.6 Å². The highest BCUT2D eigenvalue weighted by molar-refractivity contribution is 7.91. The second kappa shape index (κ2) is 4.39. The van der Waals surface area contributed by atoms with Crippen LogP contribution in [0.3, 0.4) is 0 Å². The summed E-state index contributed by atoms with van der Waals surface area (Å²) in [6.07, 6.45) is 4.99. The van der Waals surface area contributed by atoms with Gasteiger partial charge in [0.05, 0.1) is 11.9 Å². The number of fused-ring (bicyclic) bond motifs is 1. The Balaban J connectivity index is 2.50. The Morgan fingerprint density at radius 2 is 2.19 bits per heavy atom. The second-order valence-corrected chi connectivity index (χ2v) is 5.66. The third-order valence-electron chi connectivity index (χ3n) is 2.13. The summed E-state index contributed by atoms with van der Waals surface area (Å²) >= 11 is 5.49. The summed E-state index contributed by atoms with van der Waals surface area (Å²) in [4.78, 5) is 3.91. The molecule has 0 aromatic carbocycles. The van der Waals surface area contributed by atoms with Crippen LogP contribution < -0.4 is 0 Å². The lowest BCUT2D eigenvalue weighted by Gasteiger charge is -2.03. The summed E-state index contributed by atoms with van der Waals surface area (Å²) in [5, 5.41) is 4.03. The standard InChI is InChI=1S/C9H10ClN3O2S/c10-3-1-7-16(14,15)9-8-2-4-12-13(8)6-5-11-9/h2,4-6H,1,3,7H2. The summed E-state index contributed by atoms with van der Waals surface area (Å²) in [7, 11) is -3.38. The van der Waals surface area contributed by atoms with Gasteiger partial charge in [-0.25, -0.2) is 17.9 Å². The van der Waals surface area contributed by atoms with E-state index in [9.17, 15) is 8.42 Å². The molecule has 16 heavy (non-hydrogen) atoms. The molecule has 0 fully saturated rings. The van der Waals surface area contributed by atoms with E-state index >= 15 is 0 Å². The monoisotopic (exact) mass is 259 g/mol. The van der Waals surface area contributed by atoms with E-state index in [1.807, 2.05) is 0 Å². The summed E-state index contributed by atoms with van der Waals surface area (Å²) in [5.41, 5.74) is 0.497. The zero-order valence-electron chi connectivity index (χ0n) is 8.38. The van der Waals surface area contributed by atoms with Crippen molar-refractivity contribution in [1.29, 1.82) is 0 Å². The molecule has 86 valence electrons. The first-order valence-electron chi connectivity index (χ1n) is 4.72. The van der Waals surface area contributed by atoms with Crippen molar-refractivity contribution in [2.45, 2.75) is 11.4 Å². The van der Waals surface area contributed by atoms with Crippen LogP contribution in [0.4, 0.5) is 0 Å². The predicted molar refractivity (Wildman–Crippen MR) is 60.4 cm³/mol. The molecule has 0 saturated heterocycles. The van der Waals surface area contributed by atoms with Crippen LogP contribution in [0.5, 0.6) is 0 Å². The summed E-state index contributed by atoms with van der Waals surface area (Å²) in [6, 6.07) is 1.63. The molecule has 0 aliphatic carbocycles. The Morgan fingerprint density at radius 1 is 1.38 bits per heavy atom. The molecule has 0 radical (unpaired) electrons. The number of aromatic nitrogens is 3. The first kappa shape index (κ1) is 11.3. The third-order valence-corrected chi connectivity index (χ3v) is 4.13. The van der Waals surface area contributed by atoms with E-state index in [-0.39, 0.29) is 10.8 Å². The molecule has 0 saturated carbocycles. The van der Waals surface area contributed by atoms with Crippen molar-refractivity contribution in [3.8, 4) is 0 Å². The van der Waals surface area contributed by atoms with Crippen molar-refractivity contribution in [3.63, 3.8) is 0 Å². The van der Waals surface area contributed by atoms with Crippen molar-refractivity contribution >= 4 is 27.0 Å². The van der Waals surface area contributed by atoms with Gasteiger partial charge in [0.1, 0.15) is 5.52 Å². The number of alkyl halides is 1. The Labute approximate surface area is 98.0 Å². The molecule has 0 amide bonds. The Morgan fingerprint density at radius 3 is 2.94 bits per heavy atom. The van der Waals surface area contributed by atoms with Crippen LogP contribution in [0.25, 0.3) is 5.52 Å². The molecule has 2 aromatic heterocycles. The molecule has 0 unspecified atom stereocenters. The first-order chi connectivity index (χ1) is 7.65. The van der Waals surface area contributed by atoms with Crippen LogP contribution in [-0.2, 0) is 9.84 Å². The maximum absolute atomic E-state index is 11.9. The maximum atomic E-state index is 11.9. The van der Waals surface area contributed by atoms with Gasteiger partial charge in [-0.15, -0.1) is 11.6 Å². The van der Waals surface area contributed by atoms with Gasteiger partial charge in [-0.2, -0.15) is 5.10 Å². The molecule has 0 bridgehead atoms. The van der Waals surface area contributed by atoms with Crippen LogP contribution in [0.1, 0.15) is 6.42 Å². The maximum Gasteiger partial charge on any atom is 0.197 e. The summed E-state index contributed by atoms with van der Waals surface area (Å²) < 4.78 is 25.4. The van der Waals surface area contributed by atoms with Crippen molar-refractivity contribution < 1.29 is 8.42 Å². The van der Waals surface area contributed by atoms with Crippen LogP contribution >= 0.6 is 11.6 Å². The largest absolute Gasteiger partial charge is 0.241 e. The van der Waals surface area contributed by atoms with E-state index < -0.39 is 9.84 Å². The lowest BCUT2D eigenvalue weighted by molar-refractivity contribution is 0.591. The number of nitrogens with zero attached hydrogens (tertiary/aromatic N) is 3. The van der Waals surface area contributed by atoms with E-state index in [2.05, 4.69) is 10.1 Å². The molecule has 0 N–H and O–H groups in total. The van der Waals surface area contributed by atoms with E-state index in [1.165, 1.54) is 16.9 Å². The average molecular weight is 260 g/mol. The molecule has 2 heterocycles. The van der Waals surface area contributed by atoms with E-state index in [4.69, 9.17) is 11.6 Å². The van der Waals surface area contributed by atoms with Crippen LogP contribution in [-0.4, -0.2) is 34.6 Å². The highest BCUT2D eigenvalue weighted by Crippen LogP contribution is 2.15. The Bertz CT molecular complexity index is 594. The second-order valence-electron chi connectivity index (χ2n) is 3.25. The van der Waals surface area contributed by atoms with Gasteiger partial charge in [0.2, 0.25) is 0 Å². The van der Waals surface area contributed by atoms with Gasteiger partial charge in [-0.1, -0.05) is 0 Å². The molecule has 0 atom stereocenters. The highest BCUT2D eigenvalue weighted by atomic mass is 35.5. The number of rotatable bonds is 4. The third kappa shape index (κ3) is 2.03. The minimum absolute atomic E-state index is 0.00829. The van der Waals surface area contributed by atoms with E-state index in [0.717, 1.165) is 0 Å². The smallest absolute Gasteiger partial charge is 0.197 e. The molecule has 2 rings (SSSR count). The molecule has 2 aromatic rings. The molecule has 0 aliphatic rings. The van der Waals surface area contributed by atoms with Gasteiger partial charge < -0.3 is 0 Å². The van der Waals surface area contributed by atoms with Crippen LogP contribution in [0, 0.1) is 0 Å². The summed E-state index contributed by atoms with van der Waals surface area (Å²) in [5.74, 6) is 0.329. The van der Waals surface area contributed by atoms with Crippen LogP contribution in [0.2, 0.25) is 0 Å². The Hall–Kier alpha value is -1.14. The fraction of sp³-hybridized carbons (Fsp3) is 0.333. The van der Waals surface area contributed by atoms with Crippen molar-refractivity contribution in [2.24, 2.45) is 0 Å². The van der Waals surface area contributed by atoms with Gasteiger partial charge in [0.15, 0.2) is 14.9 Å². The normalized spacial score (nSPS) is 12.1. The zero-order valence-corrected chi connectivity index (χ0v) is 9.95. The molecule has 5 nitrogen and oxygen atoms in total. The zero-order chi connectivity index (χ0) is 11.6. The minimum atomic E-state index is -3.38. The predicted octanol–water partition coefficient (Wildman–Crippen LogP) is 1.13. The quantitative estimate of drug-likeness (QED) is 0.772. The number of halogens is 1.